The zero-order chi connectivity index (χ0) is 15.5. The van der Waals surface area contributed by atoms with Crippen LogP contribution in [0.1, 0.15) is 20.4 Å². The maximum atomic E-state index is 12.1. The summed E-state index contributed by atoms with van der Waals surface area (Å²) >= 11 is 0.868. The molecule has 2 N–H and O–H groups in total. The Morgan fingerprint density at radius 2 is 2.05 bits per heavy atom. The SMILES string of the molecule is Cc1nc(CNC(=O)N(C)CC(F)(F)F)sc1C(=O)O. The molecule has 6 nitrogen and oxygen atoms in total. The van der Waals surface area contributed by atoms with E-state index in [4.69, 9.17) is 5.11 Å². The second-order valence-corrected chi connectivity index (χ2v) is 5.04. The molecule has 2 amide bonds. The molecule has 10 heteroatoms. The number of urea groups is 1. The second-order valence-electron chi connectivity index (χ2n) is 3.96. The number of alkyl halides is 3. The summed E-state index contributed by atoms with van der Waals surface area (Å²) in [5, 5.41) is 11.4. The quantitative estimate of drug-likeness (QED) is 0.889. The average Bonchev–Trinajstić information content (AvgIpc) is 2.65. The molecule has 0 radical (unpaired) electrons. The van der Waals surface area contributed by atoms with Crippen LogP contribution in [0.5, 0.6) is 0 Å². The number of aromatic carboxylic acids is 1. The molecule has 0 fully saturated rings. The summed E-state index contributed by atoms with van der Waals surface area (Å²) in [6, 6.07) is -0.910. The Labute approximate surface area is 116 Å². The van der Waals surface area contributed by atoms with Crippen molar-refractivity contribution in [3.05, 3.63) is 15.6 Å². The van der Waals surface area contributed by atoms with Gasteiger partial charge in [-0.2, -0.15) is 13.2 Å². The molecular formula is C10H12F3N3O3S. The summed E-state index contributed by atoms with van der Waals surface area (Å²) in [4.78, 5) is 26.6. The molecule has 0 aromatic carbocycles. The van der Waals surface area contributed by atoms with E-state index in [1.807, 2.05) is 0 Å². The van der Waals surface area contributed by atoms with E-state index in [1.165, 1.54) is 6.92 Å². The number of amides is 2. The van der Waals surface area contributed by atoms with E-state index in [0.717, 1.165) is 18.4 Å². The van der Waals surface area contributed by atoms with E-state index >= 15 is 0 Å². The van der Waals surface area contributed by atoms with Crippen LogP contribution in [-0.4, -0.2) is 46.8 Å². The first-order valence-electron chi connectivity index (χ1n) is 5.35. The van der Waals surface area contributed by atoms with Gasteiger partial charge in [-0.3, -0.25) is 0 Å². The van der Waals surface area contributed by atoms with Crippen molar-refractivity contribution in [3.63, 3.8) is 0 Å². The number of aromatic nitrogens is 1. The summed E-state index contributed by atoms with van der Waals surface area (Å²) in [5.74, 6) is -1.13. The topological polar surface area (TPSA) is 82.5 Å². The lowest BCUT2D eigenvalue weighted by molar-refractivity contribution is -0.137. The Bertz CT molecular complexity index is 516. The molecule has 0 saturated carbocycles. The highest BCUT2D eigenvalue weighted by atomic mass is 32.1. The Kier molecular flexibility index (Phi) is 4.93. The molecule has 0 aliphatic carbocycles. The standard InChI is InChI=1S/C10H12F3N3O3S/c1-5-7(8(17)18)20-6(15-5)3-14-9(19)16(2)4-10(11,12)13/h3-4H2,1-2H3,(H,14,19)(H,17,18). The number of aryl methyl sites for hydroxylation is 1. The highest BCUT2D eigenvalue weighted by Crippen LogP contribution is 2.18. The van der Waals surface area contributed by atoms with E-state index in [9.17, 15) is 22.8 Å². The maximum Gasteiger partial charge on any atom is 0.406 e. The largest absolute Gasteiger partial charge is 0.477 e. The molecule has 112 valence electrons. The number of rotatable bonds is 4. The van der Waals surface area contributed by atoms with Gasteiger partial charge >= 0.3 is 18.2 Å². The molecule has 0 aliphatic rings. The molecule has 1 aromatic heterocycles. The Morgan fingerprint density at radius 1 is 1.45 bits per heavy atom. The summed E-state index contributed by atoms with van der Waals surface area (Å²) in [6.07, 6.45) is -4.47. The van der Waals surface area contributed by atoms with Gasteiger partial charge in [-0.05, 0) is 6.92 Å². The van der Waals surface area contributed by atoms with Crippen LogP contribution < -0.4 is 5.32 Å². The van der Waals surface area contributed by atoms with Crippen molar-refractivity contribution in [2.24, 2.45) is 0 Å². The van der Waals surface area contributed by atoms with Crippen molar-refractivity contribution in [1.82, 2.24) is 15.2 Å². The molecule has 1 rings (SSSR count). The van der Waals surface area contributed by atoms with Crippen LogP contribution in [0.3, 0.4) is 0 Å². The Hall–Kier alpha value is -1.84. The normalized spacial score (nSPS) is 11.2. The molecule has 0 atom stereocenters. The number of hydrogen-bond donors (Lipinski definition) is 2. The van der Waals surface area contributed by atoms with Gasteiger partial charge in [0.05, 0.1) is 12.2 Å². The van der Waals surface area contributed by atoms with Gasteiger partial charge in [0.1, 0.15) is 16.4 Å². The molecule has 0 unspecified atom stereocenters. The minimum atomic E-state index is -4.47. The van der Waals surface area contributed by atoms with Crippen molar-refractivity contribution in [1.29, 1.82) is 0 Å². The van der Waals surface area contributed by atoms with Gasteiger partial charge in [-0.25, -0.2) is 14.6 Å². The van der Waals surface area contributed by atoms with Crippen LogP contribution in [0.15, 0.2) is 0 Å². The van der Waals surface area contributed by atoms with E-state index in [2.05, 4.69) is 10.3 Å². The van der Waals surface area contributed by atoms with Gasteiger partial charge in [0.15, 0.2) is 0 Å². The van der Waals surface area contributed by atoms with Gasteiger partial charge < -0.3 is 15.3 Å². The van der Waals surface area contributed by atoms with Crippen LogP contribution in [0.4, 0.5) is 18.0 Å². The van der Waals surface area contributed by atoms with Gasteiger partial charge in [-0.15, -0.1) is 11.3 Å². The summed E-state index contributed by atoms with van der Waals surface area (Å²) in [5.41, 5.74) is 0.301. The van der Waals surface area contributed by atoms with Crippen molar-refractivity contribution >= 4 is 23.3 Å². The molecule has 0 spiro atoms. The van der Waals surface area contributed by atoms with E-state index in [0.29, 0.717) is 15.6 Å². The third-order valence-corrected chi connectivity index (χ3v) is 3.33. The molecule has 1 heterocycles. The lowest BCUT2D eigenvalue weighted by atomic mass is 10.4. The van der Waals surface area contributed by atoms with Crippen molar-refractivity contribution in [2.75, 3.05) is 13.6 Å². The van der Waals surface area contributed by atoms with Crippen LogP contribution in [0, 0.1) is 6.92 Å². The van der Waals surface area contributed by atoms with Crippen LogP contribution in [0.2, 0.25) is 0 Å². The highest BCUT2D eigenvalue weighted by molar-refractivity contribution is 7.13. The predicted molar refractivity (Wildman–Crippen MR) is 64.7 cm³/mol. The molecule has 0 saturated heterocycles. The second kappa shape index (κ2) is 6.07. The molecular weight excluding hydrogens is 299 g/mol. The summed E-state index contributed by atoms with van der Waals surface area (Å²) < 4.78 is 36.2. The monoisotopic (exact) mass is 311 g/mol. The number of carbonyl (C=O) groups excluding carboxylic acids is 1. The predicted octanol–water partition coefficient (Wildman–Crippen LogP) is 1.85. The van der Waals surface area contributed by atoms with Gasteiger partial charge in [0, 0.05) is 7.05 Å². The Morgan fingerprint density at radius 3 is 2.50 bits per heavy atom. The number of nitrogens with one attached hydrogen (secondary N) is 1. The Balaban J connectivity index is 2.57. The van der Waals surface area contributed by atoms with Crippen molar-refractivity contribution in [3.8, 4) is 0 Å². The highest BCUT2D eigenvalue weighted by Gasteiger charge is 2.31. The first-order chi connectivity index (χ1) is 9.10. The smallest absolute Gasteiger partial charge is 0.406 e. The van der Waals surface area contributed by atoms with Gasteiger partial charge in [0.25, 0.3) is 0 Å². The van der Waals surface area contributed by atoms with Gasteiger partial charge in [0.2, 0.25) is 0 Å². The van der Waals surface area contributed by atoms with Crippen LogP contribution in [-0.2, 0) is 6.54 Å². The minimum absolute atomic E-state index is 0.0397. The summed E-state index contributed by atoms with van der Waals surface area (Å²) in [7, 11) is 1.01. The van der Waals surface area contributed by atoms with Crippen LogP contribution >= 0.6 is 11.3 Å². The first-order valence-corrected chi connectivity index (χ1v) is 6.17. The number of halogens is 3. The fourth-order valence-corrected chi connectivity index (χ4v) is 2.20. The van der Waals surface area contributed by atoms with E-state index in [-0.39, 0.29) is 11.4 Å². The zero-order valence-corrected chi connectivity index (χ0v) is 11.4. The van der Waals surface area contributed by atoms with Crippen LogP contribution in [0.25, 0.3) is 0 Å². The average molecular weight is 311 g/mol. The number of carboxylic acids is 1. The lowest BCUT2D eigenvalue weighted by Crippen LogP contribution is -2.41. The number of hydrogen-bond acceptors (Lipinski definition) is 4. The summed E-state index contributed by atoms with van der Waals surface area (Å²) in [6.45, 7) is 0.0109. The minimum Gasteiger partial charge on any atom is -0.477 e. The van der Waals surface area contributed by atoms with Crippen molar-refractivity contribution < 1.29 is 27.9 Å². The zero-order valence-electron chi connectivity index (χ0n) is 10.6. The van der Waals surface area contributed by atoms with E-state index in [1.54, 1.807) is 0 Å². The molecule has 0 aliphatic heterocycles. The number of nitrogens with zero attached hydrogens (tertiary/aromatic N) is 2. The number of carbonyl (C=O) groups is 2. The third-order valence-electron chi connectivity index (χ3n) is 2.19. The molecule has 20 heavy (non-hydrogen) atoms. The van der Waals surface area contributed by atoms with Gasteiger partial charge in [-0.1, -0.05) is 0 Å². The van der Waals surface area contributed by atoms with Crippen molar-refractivity contribution in [2.45, 2.75) is 19.6 Å². The number of thiazole rings is 1. The molecule has 0 bridgehead atoms. The maximum absolute atomic E-state index is 12.1. The molecule has 1 aromatic rings. The fourth-order valence-electron chi connectivity index (χ4n) is 1.35. The van der Waals surface area contributed by atoms with E-state index < -0.39 is 24.7 Å². The lowest BCUT2D eigenvalue weighted by Gasteiger charge is -2.18. The fraction of sp³-hybridized carbons (Fsp3) is 0.500. The third kappa shape index (κ3) is 4.68. The number of carboxylic acid groups (broad SMARTS) is 1. The first kappa shape index (κ1) is 16.2.